The molecule has 51 heteroatoms. The number of hydrogen-bond acceptors (Lipinski definition) is 25. The fraction of sp³-hybridized carbons (Fsp3) is 0.753. The molecule has 840 valence electrons. The second-order valence-electron chi connectivity index (χ2n) is 41.3. The minimum absolute atomic E-state index is 0.0170. The van der Waals surface area contributed by atoms with Gasteiger partial charge >= 0.3 is 24.1 Å². The summed E-state index contributed by atoms with van der Waals surface area (Å²) in [4.78, 5) is 325. The number of carbonyl (C=O) groups excluding carboxylic acids is 21. The van der Waals surface area contributed by atoms with E-state index in [1.54, 1.807) is 111 Å². The van der Waals surface area contributed by atoms with Gasteiger partial charge in [0.1, 0.15) is 121 Å². The summed E-state index contributed by atoms with van der Waals surface area (Å²) in [6, 6.07) is -26.5. The minimum atomic E-state index is -5.08. The minimum Gasteiger partial charge on any atom is -0.481 e. The molecule has 148 heavy (non-hydrogen) atoms. The molecule has 2 aliphatic heterocycles. The number of aliphatic hydroxyl groups excluding tert-OH is 1. The van der Waals surface area contributed by atoms with Crippen LogP contribution in [-0.2, 0) is 115 Å². The number of hydrogen-bond donors (Lipinski definition) is 22. The topological polar surface area (TPSA) is 714 Å². The Balaban J connectivity index is 0.0000150. The highest BCUT2D eigenvalue weighted by Gasteiger charge is 2.46. The number of rotatable bonds is 60. The second kappa shape index (κ2) is 63.8. The Bertz CT molecular complexity index is 4570. The Kier molecular flexibility index (Phi) is 57.4. The van der Waals surface area contributed by atoms with Crippen molar-refractivity contribution in [1.82, 2.24) is 106 Å². The van der Waals surface area contributed by atoms with Crippen LogP contribution >= 0.6 is 0 Å². The molecule has 0 spiro atoms. The zero-order valence-electron chi connectivity index (χ0n) is 89.8. The number of likely N-dealkylation sites (tertiary alicyclic amines) is 2. The lowest BCUT2D eigenvalue weighted by atomic mass is 9.96. The molecule has 0 saturated carbocycles. The third-order valence-electron chi connectivity index (χ3n) is 24.0. The second-order valence-corrected chi connectivity index (χ2v) is 41.3. The van der Waals surface area contributed by atoms with E-state index in [-0.39, 0.29) is 113 Å². The summed E-state index contributed by atoms with van der Waals surface area (Å²) in [7, 11) is 0. The first kappa shape index (κ1) is 133. The molecule has 22 atom stereocenters. The third-order valence-corrected chi connectivity index (χ3v) is 24.0. The maximum Gasteiger partial charge on any atom is 0.490 e. The summed E-state index contributed by atoms with van der Waals surface area (Å²) in [6.07, 6.45) is -7.31. The Labute approximate surface area is 862 Å². The van der Waals surface area contributed by atoms with Crippen molar-refractivity contribution in [3.05, 3.63) is 0 Å². The molecule has 0 unspecified atom stereocenters. The number of halogens is 3. The molecule has 0 aromatic rings. The molecule has 0 bridgehead atoms. The Morgan fingerprint density at radius 1 is 0.324 bits per heavy atom. The molecular weight excluding hydrogens is 1950 g/mol. The van der Waals surface area contributed by atoms with E-state index < -0.39 is 306 Å². The molecule has 2 saturated heterocycles. The number of amides is 20. The van der Waals surface area contributed by atoms with Crippen LogP contribution in [0.2, 0.25) is 0 Å². The first-order chi connectivity index (χ1) is 68.4. The van der Waals surface area contributed by atoms with Crippen LogP contribution in [-0.4, -0.2) is 319 Å². The van der Waals surface area contributed by atoms with Crippen LogP contribution in [0, 0.1) is 53.3 Å². The highest BCUT2D eigenvalue weighted by molar-refractivity contribution is 6.03. The van der Waals surface area contributed by atoms with Gasteiger partial charge in [-0.1, -0.05) is 131 Å². The van der Waals surface area contributed by atoms with E-state index in [1.165, 1.54) is 58.3 Å². The number of nitrogens with zero attached hydrogens (tertiary/aromatic N) is 2. The summed E-state index contributed by atoms with van der Waals surface area (Å²) < 4.78 is 31.7. The Morgan fingerprint density at radius 3 is 0.953 bits per heavy atom. The van der Waals surface area contributed by atoms with E-state index in [0.29, 0.717) is 12.8 Å². The van der Waals surface area contributed by atoms with E-state index in [2.05, 4.69) is 95.7 Å². The number of carboxylic acids is 3. The molecular formula is C97H163F3N20O28. The number of aliphatic hydroxyl groups is 1. The number of aliphatic carboxylic acids is 3. The summed E-state index contributed by atoms with van der Waals surface area (Å²) in [5.41, 5.74) is 0. The summed E-state index contributed by atoms with van der Waals surface area (Å²) in [5.74, 6) is -24.8. The zero-order chi connectivity index (χ0) is 114. The first-order valence-corrected chi connectivity index (χ1v) is 50.3. The highest BCUT2D eigenvalue weighted by Crippen LogP contribution is 2.25. The van der Waals surface area contributed by atoms with Crippen molar-refractivity contribution in [2.24, 2.45) is 53.3 Å². The van der Waals surface area contributed by atoms with Crippen molar-refractivity contribution in [2.45, 2.75) is 403 Å². The lowest BCUT2D eigenvalue weighted by Gasteiger charge is -2.32. The fourth-order valence-electron chi connectivity index (χ4n) is 15.8. The molecule has 48 nitrogen and oxygen atoms in total. The molecule has 20 amide bonds. The van der Waals surface area contributed by atoms with Crippen molar-refractivity contribution >= 4 is 142 Å². The van der Waals surface area contributed by atoms with Crippen molar-refractivity contribution in [3.63, 3.8) is 0 Å². The van der Waals surface area contributed by atoms with E-state index in [1.807, 2.05) is 13.8 Å². The normalized spacial score (nSPS) is 17.6. The number of carboxylic acid groups (broad SMARTS) is 3. The van der Waals surface area contributed by atoms with Gasteiger partial charge in [-0.2, -0.15) is 13.2 Å². The van der Waals surface area contributed by atoms with Gasteiger partial charge in [0.15, 0.2) is 0 Å². The average Bonchev–Trinajstić information content (AvgIpc) is 1.65. The molecule has 0 aromatic carbocycles. The highest BCUT2D eigenvalue weighted by atomic mass is 19.4. The van der Waals surface area contributed by atoms with E-state index >= 15 is 0 Å². The molecule has 2 fully saturated rings. The Hall–Kier alpha value is -12.8. The van der Waals surface area contributed by atoms with E-state index in [4.69, 9.17) is 15.0 Å². The maximum atomic E-state index is 14.7. The summed E-state index contributed by atoms with van der Waals surface area (Å²) >= 11 is 0. The molecule has 0 aromatic heterocycles. The largest absolute Gasteiger partial charge is 0.490 e. The standard InChI is InChI=1S/C95H162N20O26.C2HF3O2/c1-27-52(18)75(92(138)103-62(32-33-71(119)120)82(128)113-76(59(25)117)93(139)102-61(43-116)42-72(121)122)112-89(135)70-31-28-34-114(70)94(140)58(24)101-84(130)64(37-45(4)5)107-85(131)65(38-46(6)7)104-78(124)54(20)98-83(129)63(36-44(2)3)106-86(132)67(40-48(10)11)108-91(137)74(51(16)17)111-81(127)57(23)99-88(134)69-30-29-35-115(69)95(141)68(41-49(12)13)109-87(133)66(39-47(8)9)105-79(125)55(21)100-90(136)73(50(14)15)110-80(126)56(22)97-77(123)53(19)96-60(26)118;3-2(4,5)1(6)7/h43-59,61-70,73-76,117H,27-42H2,1-26H3,(H,96,118)(H,97,123)(H,98,129)(H,99,134)(H,100,136)(H,101,130)(H,102,139)(H,103,138)(H,104,124)(H,105,125)(H,106,132)(H,107,131)(H,108,137)(H,109,133)(H,110,126)(H,111,127)(H,112,135)(H,113,128)(H,119,120)(H,121,122);(H,6,7)/t52-,53-,54-,55-,56-,57-,58-,59+,61-,62-,63-,64-,65-,66-,67-,68-,69-,70-,73-,74-,75-,76-;/m0./s1. The van der Waals surface area contributed by atoms with Gasteiger partial charge in [-0.15, -0.1) is 0 Å². The van der Waals surface area contributed by atoms with Gasteiger partial charge in [0, 0.05) is 26.4 Å². The van der Waals surface area contributed by atoms with Crippen molar-refractivity contribution in [3.8, 4) is 0 Å². The molecule has 0 radical (unpaired) electrons. The third kappa shape index (κ3) is 47.2. The van der Waals surface area contributed by atoms with Crippen LogP contribution in [0.15, 0.2) is 0 Å². The van der Waals surface area contributed by atoms with Crippen molar-refractivity contribution in [1.29, 1.82) is 0 Å². The lowest BCUT2D eigenvalue weighted by Crippen LogP contribution is -2.61. The quantitative estimate of drug-likeness (QED) is 0.0326. The smallest absolute Gasteiger partial charge is 0.481 e. The summed E-state index contributed by atoms with van der Waals surface area (Å²) in [5, 5.41) is 82.8. The van der Waals surface area contributed by atoms with Crippen LogP contribution in [0.25, 0.3) is 0 Å². The van der Waals surface area contributed by atoms with Crippen LogP contribution in [0.1, 0.15) is 270 Å². The summed E-state index contributed by atoms with van der Waals surface area (Å²) in [6.45, 7) is 42.0. The van der Waals surface area contributed by atoms with Gasteiger partial charge < -0.3 is 131 Å². The average molecular weight is 2110 g/mol. The monoisotopic (exact) mass is 2110 g/mol. The number of alkyl halides is 3. The van der Waals surface area contributed by atoms with Gasteiger partial charge in [0.05, 0.1) is 18.6 Å². The maximum absolute atomic E-state index is 14.7. The Morgan fingerprint density at radius 2 is 0.601 bits per heavy atom. The van der Waals surface area contributed by atoms with Crippen LogP contribution in [0.4, 0.5) is 13.2 Å². The molecule has 0 aliphatic carbocycles. The van der Waals surface area contributed by atoms with Crippen molar-refractivity contribution < 1.29 is 149 Å². The zero-order valence-corrected chi connectivity index (χ0v) is 89.8. The SMILES string of the molecule is CC[C@H](C)[C@H](NC(=O)[C@@H]1CCCN1C(=O)[C@H](C)NC(=O)[C@H](CC(C)C)NC(=O)[C@H](CC(C)C)NC(=O)[C@H](C)NC(=O)[C@H](CC(C)C)NC(=O)[C@H](CC(C)C)NC(=O)[C@@H](NC(=O)[C@H](C)NC(=O)[C@@H]1CCCN1C(=O)[C@H](CC(C)C)NC(=O)[C@H](CC(C)C)NC(=O)[C@H](C)NC(=O)[C@@H](NC(=O)[C@H](C)NC(=O)[C@H](C)NC(C)=O)C(C)C)C(C)C)C(=O)N[C@@H](CCC(=O)O)C(=O)N[C@H](C(=O)N[C@H](C=O)CC(=O)O)[C@@H](C)O.O=C(O)C(F)(F)F. The predicted octanol–water partition coefficient (Wildman–Crippen LogP) is -0.979. The van der Waals surface area contributed by atoms with Crippen LogP contribution < -0.4 is 95.7 Å². The number of aldehydes is 1. The van der Waals surface area contributed by atoms with Gasteiger partial charge in [-0.05, 0) is 172 Å². The van der Waals surface area contributed by atoms with Crippen molar-refractivity contribution in [2.75, 3.05) is 13.1 Å². The van der Waals surface area contributed by atoms with Gasteiger partial charge in [-0.25, -0.2) is 4.79 Å². The molecule has 22 N–H and O–H groups in total. The molecule has 2 aliphatic rings. The number of nitrogens with one attached hydrogen (secondary N) is 18. The van der Waals surface area contributed by atoms with Gasteiger partial charge in [-0.3, -0.25) is 105 Å². The van der Waals surface area contributed by atoms with Crippen LogP contribution in [0.5, 0.6) is 0 Å². The molecule has 2 heterocycles. The van der Waals surface area contributed by atoms with Crippen LogP contribution in [0.3, 0.4) is 0 Å². The predicted molar refractivity (Wildman–Crippen MR) is 530 cm³/mol. The van der Waals surface area contributed by atoms with E-state index in [9.17, 15) is 134 Å². The number of carbonyl (C=O) groups is 24. The molecule has 2 rings (SSSR count). The van der Waals surface area contributed by atoms with Gasteiger partial charge in [0.25, 0.3) is 0 Å². The van der Waals surface area contributed by atoms with E-state index in [0.717, 1.165) is 6.92 Å². The fourth-order valence-corrected chi connectivity index (χ4v) is 15.8. The lowest BCUT2D eigenvalue weighted by molar-refractivity contribution is -0.192. The first-order valence-electron chi connectivity index (χ1n) is 50.3. The van der Waals surface area contributed by atoms with Gasteiger partial charge in [0.2, 0.25) is 118 Å².